The number of rotatable bonds is 11. The van der Waals surface area contributed by atoms with Crippen LogP contribution in [0.1, 0.15) is 26.0 Å². The third kappa shape index (κ3) is 7.11. The van der Waals surface area contributed by atoms with E-state index in [9.17, 15) is 14.3 Å². The first-order chi connectivity index (χ1) is 15.8. The van der Waals surface area contributed by atoms with E-state index in [-0.39, 0.29) is 25.5 Å². The van der Waals surface area contributed by atoms with Crippen LogP contribution in [0, 0.1) is 0 Å². The fraction of sp³-hybridized carbons (Fsp3) is 0.333. The lowest BCUT2D eigenvalue weighted by Gasteiger charge is -2.24. The average Bonchev–Trinajstić information content (AvgIpc) is 2.78. The van der Waals surface area contributed by atoms with Crippen LogP contribution < -0.4 is 14.9 Å². The number of hydrogen-bond donors (Lipinski definition) is 1. The van der Waals surface area contributed by atoms with Crippen molar-refractivity contribution in [2.24, 2.45) is 0 Å². The summed E-state index contributed by atoms with van der Waals surface area (Å²) in [6.07, 6.45) is 1.67. The molecule has 0 radical (unpaired) electrons. The Morgan fingerprint density at radius 2 is 1.94 bits per heavy atom. The molecule has 0 aliphatic carbocycles. The van der Waals surface area contributed by atoms with Gasteiger partial charge < -0.3 is 24.0 Å². The number of nitrogens with zero attached hydrogens (tertiary/aromatic N) is 1. The van der Waals surface area contributed by atoms with E-state index in [2.05, 4.69) is 10.3 Å². The predicted octanol–water partition coefficient (Wildman–Crippen LogP) is 3.87. The summed E-state index contributed by atoms with van der Waals surface area (Å²) in [7, 11) is -2.71. The molecule has 8 nitrogen and oxygen atoms in total. The predicted molar refractivity (Wildman–Crippen MR) is 125 cm³/mol. The van der Waals surface area contributed by atoms with Gasteiger partial charge in [0.15, 0.2) is 0 Å². The van der Waals surface area contributed by atoms with E-state index in [0.717, 1.165) is 27.6 Å². The highest BCUT2D eigenvalue weighted by atomic mass is 31.2. The van der Waals surface area contributed by atoms with Gasteiger partial charge in [0.2, 0.25) is 5.91 Å². The van der Waals surface area contributed by atoms with Gasteiger partial charge in [-0.2, -0.15) is 0 Å². The molecule has 1 atom stereocenters. The van der Waals surface area contributed by atoms with E-state index in [0.29, 0.717) is 12.1 Å². The molecule has 0 saturated carbocycles. The third-order valence-corrected chi connectivity index (χ3v) is 5.98. The van der Waals surface area contributed by atoms with Crippen LogP contribution in [0.4, 0.5) is 0 Å². The fourth-order valence-electron chi connectivity index (χ4n) is 3.40. The van der Waals surface area contributed by atoms with Crippen molar-refractivity contribution in [1.29, 1.82) is 0 Å². The van der Waals surface area contributed by atoms with Crippen molar-refractivity contribution in [2.75, 3.05) is 20.3 Å². The molecule has 1 N–H and O–H groups in total. The number of fused-ring (bicyclic) bond motifs is 1. The number of phosphoric acid groups is 1. The maximum Gasteiger partial charge on any atom is 0.268 e. The molecular weight excluding hydrogens is 443 g/mol. The largest absolute Gasteiger partial charge is 0.756 e. The van der Waals surface area contributed by atoms with Crippen molar-refractivity contribution >= 4 is 24.5 Å². The standard InChI is InChI=1S/C24H29N2O6P/c1-17(2)32-33(28,29)31-13-7-12-25-23(27)15-22-24(18-8-5-4-6-9-18)21-14-20(30-3)11-10-19(21)16-26-22/h4-6,8-11,14,16-17H,7,12-13,15H2,1-3H3,(H,25,27)(H,28,29)/p-1. The van der Waals surface area contributed by atoms with Gasteiger partial charge in [0.05, 0.1) is 31.9 Å². The van der Waals surface area contributed by atoms with Crippen molar-refractivity contribution in [3.05, 3.63) is 60.4 Å². The first-order valence-electron chi connectivity index (χ1n) is 10.7. The van der Waals surface area contributed by atoms with Gasteiger partial charge in [0.1, 0.15) is 5.75 Å². The second-order valence-corrected chi connectivity index (χ2v) is 9.08. The van der Waals surface area contributed by atoms with E-state index in [1.165, 1.54) is 0 Å². The van der Waals surface area contributed by atoms with Crippen LogP contribution in [0.5, 0.6) is 5.75 Å². The van der Waals surface area contributed by atoms with Gasteiger partial charge in [-0.1, -0.05) is 30.3 Å². The Balaban J connectivity index is 1.70. The van der Waals surface area contributed by atoms with E-state index < -0.39 is 13.9 Å². The lowest BCUT2D eigenvalue weighted by atomic mass is 9.96. The number of phosphoric ester groups is 1. The quantitative estimate of drug-likeness (QED) is 0.334. The van der Waals surface area contributed by atoms with Crippen LogP contribution >= 0.6 is 7.82 Å². The zero-order chi connectivity index (χ0) is 23.8. The van der Waals surface area contributed by atoms with Crippen LogP contribution in [0.15, 0.2) is 54.7 Å². The number of nitrogens with one attached hydrogen (secondary N) is 1. The summed E-state index contributed by atoms with van der Waals surface area (Å²) < 4.78 is 26.5. The van der Waals surface area contributed by atoms with Crippen molar-refractivity contribution in [3.63, 3.8) is 0 Å². The monoisotopic (exact) mass is 471 g/mol. The molecular formula is C24H28N2O6P-. The van der Waals surface area contributed by atoms with Crippen LogP contribution in [0.2, 0.25) is 0 Å². The third-order valence-electron chi connectivity index (χ3n) is 4.80. The minimum absolute atomic E-state index is 0.0724. The second kappa shape index (κ2) is 11.4. The van der Waals surface area contributed by atoms with Crippen molar-refractivity contribution < 1.29 is 28.0 Å². The van der Waals surface area contributed by atoms with E-state index >= 15 is 0 Å². The summed E-state index contributed by atoms with van der Waals surface area (Å²) in [6.45, 7) is 3.41. The molecule has 33 heavy (non-hydrogen) atoms. The second-order valence-electron chi connectivity index (χ2n) is 7.71. The van der Waals surface area contributed by atoms with Gasteiger partial charge in [-0.05, 0) is 49.4 Å². The molecule has 3 rings (SSSR count). The average molecular weight is 471 g/mol. The fourth-order valence-corrected chi connectivity index (χ4v) is 4.33. The van der Waals surface area contributed by atoms with Crippen molar-refractivity contribution in [1.82, 2.24) is 10.3 Å². The molecule has 1 unspecified atom stereocenters. The Labute approximate surface area is 193 Å². The van der Waals surface area contributed by atoms with Gasteiger partial charge in [-0.25, -0.2) is 0 Å². The number of benzene rings is 2. The maximum atomic E-state index is 12.6. The Morgan fingerprint density at radius 3 is 2.64 bits per heavy atom. The maximum absolute atomic E-state index is 12.6. The molecule has 0 bridgehead atoms. The molecule has 1 amide bonds. The van der Waals surface area contributed by atoms with Gasteiger partial charge in [-0.3, -0.25) is 14.3 Å². The smallest absolute Gasteiger partial charge is 0.268 e. The first kappa shape index (κ1) is 24.9. The Hall–Kier alpha value is -2.77. The molecule has 176 valence electrons. The molecule has 1 heterocycles. The highest BCUT2D eigenvalue weighted by Gasteiger charge is 2.16. The normalized spacial score (nSPS) is 13.1. The van der Waals surface area contributed by atoms with Crippen molar-refractivity contribution in [2.45, 2.75) is 32.8 Å². The zero-order valence-corrected chi connectivity index (χ0v) is 19.8. The van der Waals surface area contributed by atoms with Gasteiger partial charge in [-0.15, -0.1) is 0 Å². The number of ether oxygens (including phenoxy) is 1. The summed E-state index contributed by atoms with van der Waals surface area (Å²) >= 11 is 0. The molecule has 2 aromatic carbocycles. The summed E-state index contributed by atoms with van der Waals surface area (Å²) in [6, 6.07) is 15.5. The molecule has 1 aromatic heterocycles. The van der Waals surface area contributed by atoms with E-state index in [4.69, 9.17) is 13.8 Å². The minimum atomic E-state index is -4.32. The van der Waals surface area contributed by atoms with E-state index in [1.807, 2.05) is 48.5 Å². The number of carbonyl (C=O) groups excluding carboxylic acids is 1. The Kier molecular flexibility index (Phi) is 8.58. The van der Waals surface area contributed by atoms with Crippen LogP contribution in [0.25, 0.3) is 21.9 Å². The number of aromatic nitrogens is 1. The van der Waals surface area contributed by atoms with Gasteiger partial charge in [0.25, 0.3) is 7.82 Å². The first-order valence-corrected chi connectivity index (χ1v) is 12.2. The van der Waals surface area contributed by atoms with Crippen molar-refractivity contribution in [3.8, 4) is 16.9 Å². The topological polar surface area (TPSA) is 110 Å². The lowest BCUT2D eigenvalue weighted by molar-refractivity contribution is -0.228. The zero-order valence-electron chi connectivity index (χ0n) is 18.9. The molecule has 0 aliphatic heterocycles. The molecule has 0 aliphatic rings. The number of methoxy groups -OCH3 is 1. The Morgan fingerprint density at radius 1 is 1.18 bits per heavy atom. The number of amides is 1. The summed E-state index contributed by atoms with van der Waals surface area (Å²) in [5.41, 5.74) is 2.48. The molecule has 9 heteroatoms. The summed E-state index contributed by atoms with van der Waals surface area (Å²) in [4.78, 5) is 28.7. The SMILES string of the molecule is COc1ccc2cnc(CC(=O)NCCCOP(=O)([O-])OC(C)C)c(-c3ccccc3)c2c1. The van der Waals surface area contributed by atoms with Gasteiger partial charge >= 0.3 is 0 Å². The highest BCUT2D eigenvalue weighted by Crippen LogP contribution is 2.39. The summed E-state index contributed by atoms with van der Waals surface area (Å²) in [5.74, 6) is 0.504. The number of pyridine rings is 1. The number of hydrogen-bond acceptors (Lipinski definition) is 7. The Bertz CT molecular complexity index is 1140. The van der Waals surface area contributed by atoms with Crippen LogP contribution in [-0.4, -0.2) is 37.3 Å². The van der Waals surface area contributed by atoms with Crippen LogP contribution in [-0.2, 0) is 24.8 Å². The minimum Gasteiger partial charge on any atom is -0.756 e. The number of carbonyl (C=O) groups is 1. The molecule has 0 fully saturated rings. The molecule has 3 aromatic rings. The lowest BCUT2D eigenvalue weighted by Crippen LogP contribution is -2.27. The van der Waals surface area contributed by atoms with Gasteiger partial charge in [0, 0.05) is 23.7 Å². The molecule has 0 spiro atoms. The highest BCUT2D eigenvalue weighted by molar-refractivity contribution is 7.45. The van der Waals surface area contributed by atoms with E-state index in [1.54, 1.807) is 27.2 Å². The van der Waals surface area contributed by atoms with Crippen LogP contribution in [0.3, 0.4) is 0 Å². The summed E-state index contributed by atoms with van der Waals surface area (Å²) in [5, 5.41) is 4.68. The molecule has 0 saturated heterocycles.